The van der Waals surface area contributed by atoms with E-state index in [1.165, 1.54) is 31.6 Å². The Bertz CT molecular complexity index is 288. The topological polar surface area (TPSA) is 12.5 Å². The van der Waals surface area contributed by atoms with Gasteiger partial charge in [-0.25, -0.2) is 0 Å². The monoisotopic (exact) mass is 205 g/mol. The lowest BCUT2D eigenvalue weighted by Crippen LogP contribution is -2.17. The quantitative estimate of drug-likeness (QED) is 0.749. The van der Waals surface area contributed by atoms with Crippen molar-refractivity contribution >= 4 is 5.69 Å². The van der Waals surface area contributed by atoms with Crippen LogP contribution in [0, 0.1) is 0 Å². The van der Waals surface area contributed by atoms with Crippen LogP contribution in [-0.2, 0) is 0 Å². The molecule has 1 saturated heterocycles. The van der Waals surface area contributed by atoms with Gasteiger partial charge < -0.3 is 9.64 Å². The third-order valence-corrected chi connectivity index (χ3v) is 2.78. The van der Waals surface area contributed by atoms with Crippen LogP contribution < -0.4 is 9.64 Å². The van der Waals surface area contributed by atoms with Crippen molar-refractivity contribution in [2.45, 2.75) is 26.2 Å². The van der Waals surface area contributed by atoms with Crippen LogP contribution in [0.2, 0.25) is 0 Å². The van der Waals surface area contributed by atoms with Gasteiger partial charge in [0.25, 0.3) is 0 Å². The van der Waals surface area contributed by atoms with Gasteiger partial charge in [0.1, 0.15) is 5.75 Å². The van der Waals surface area contributed by atoms with E-state index < -0.39 is 0 Å². The van der Waals surface area contributed by atoms with Crippen molar-refractivity contribution in [3.8, 4) is 5.75 Å². The molecule has 0 amide bonds. The van der Waals surface area contributed by atoms with Gasteiger partial charge in [0.15, 0.2) is 0 Å². The van der Waals surface area contributed by atoms with E-state index in [0.29, 0.717) is 0 Å². The number of hydrogen-bond donors (Lipinski definition) is 0. The minimum Gasteiger partial charge on any atom is -0.494 e. The van der Waals surface area contributed by atoms with Crippen molar-refractivity contribution in [3.05, 3.63) is 24.3 Å². The van der Waals surface area contributed by atoms with E-state index in [2.05, 4.69) is 36.1 Å². The van der Waals surface area contributed by atoms with Gasteiger partial charge in [-0.3, -0.25) is 0 Å². The normalized spacial score (nSPS) is 15.7. The molecule has 0 aliphatic carbocycles. The zero-order valence-electron chi connectivity index (χ0n) is 9.41. The summed E-state index contributed by atoms with van der Waals surface area (Å²) in [6.07, 6.45) is 3.72. The number of nitrogens with zero attached hydrogens (tertiary/aromatic N) is 1. The van der Waals surface area contributed by atoms with Crippen molar-refractivity contribution in [2.75, 3.05) is 24.6 Å². The summed E-state index contributed by atoms with van der Waals surface area (Å²) in [5, 5.41) is 0. The van der Waals surface area contributed by atoms with E-state index in [1.54, 1.807) is 0 Å². The zero-order valence-corrected chi connectivity index (χ0v) is 9.41. The lowest BCUT2D eigenvalue weighted by atomic mass is 10.3. The third-order valence-electron chi connectivity index (χ3n) is 2.78. The molecule has 0 radical (unpaired) electrons. The molecule has 0 N–H and O–H groups in total. The molecule has 0 unspecified atom stereocenters. The van der Waals surface area contributed by atoms with E-state index in [-0.39, 0.29) is 0 Å². The van der Waals surface area contributed by atoms with E-state index >= 15 is 0 Å². The smallest absolute Gasteiger partial charge is 0.119 e. The molecule has 15 heavy (non-hydrogen) atoms. The molecule has 1 fully saturated rings. The summed E-state index contributed by atoms with van der Waals surface area (Å²) in [4.78, 5) is 2.43. The molecule has 0 saturated carbocycles. The standard InChI is InChI=1S/C13H19NO/c1-2-11-15-13-7-5-12(6-8-13)14-9-3-4-10-14/h5-8H,2-4,9-11H2,1H3. The number of ether oxygens (including phenoxy) is 1. The van der Waals surface area contributed by atoms with E-state index in [1.807, 2.05) is 0 Å². The maximum Gasteiger partial charge on any atom is 0.119 e. The number of rotatable bonds is 4. The first-order valence-electron chi connectivity index (χ1n) is 5.88. The van der Waals surface area contributed by atoms with Crippen molar-refractivity contribution in [3.63, 3.8) is 0 Å². The van der Waals surface area contributed by atoms with Crippen LogP contribution in [0.5, 0.6) is 5.75 Å². The Balaban J connectivity index is 1.96. The molecule has 0 aromatic heterocycles. The molecule has 1 aliphatic rings. The summed E-state index contributed by atoms with van der Waals surface area (Å²) in [6.45, 7) is 5.34. The Labute approximate surface area is 91.9 Å². The Morgan fingerprint density at radius 3 is 2.40 bits per heavy atom. The lowest BCUT2D eigenvalue weighted by molar-refractivity contribution is 0.317. The van der Waals surface area contributed by atoms with Gasteiger partial charge >= 0.3 is 0 Å². The number of hydrogen-bond acceptors (Lipinski definition) is 2. The Hall–Kier alpha value is -1.18. The van der Waals surface area contributed by atoms with Crippen LogP contribution in [0.4, 0.5) is 5.69 Å². The van der Waals surface area contributed by atoms with E-state index in [4.69, 9.17) is 4.74 Å². The molecular weight excluding hydrogens is 186 g/mol. The van der Waals surface area contributed by atoms with Gasteiger partial charge in [-0.15, -0.1) is 0 Å². The fraction of sp³-hybridized carbons (Fsp3) is 0.538. The Morgan fingerprint density at radius 1 is 1.13 bits per heavy atom. The first kappa shape index (κ1) is 10.3. The first-order valence-corrected chi connectivity index (χ1v) is 5.88. The van der Waals surface area contributed by atoms with Crippen LogP contribution in [-0.4, -0.2) is 19.7 Å². The highest BCUT2D eigenvalue weighted by molar-refractivity contribution is 5.49. The summed E-state index contributed by atoms with van der Waals surface area (Å²) in [5.74, 6) is 0.986. The Morgan fingerprint density at radius 2 is 1.80 bits per heavy atom. The Kier molecular flexibility index (Phi) is 3.49. The average Bonchev–Trinajstić information content (AvgIpc) is 2.80. The second-order valence-corrected chi connectivity index (χ2v) is 4.04. The molecule has 0 atom stereocenters. The highest BCUT2D eigenvalue weighted by Gasteiger charge is 2.11. The van der Waals surface area contributed by atoms with Crippen LogP contribution in [0.3, 0.4) is 0 Å². The maximum absolute atomic E-state index is 5.55. The molecule has 0 bridgehead atoms. The number of benzene rings is 1. The lowest BCUT2D eigenvalue weighted by Gasteiger charge is -2.17. The first-order chi connectivity index (χ1) is 7.40. The van der Waals surface area contributed by atoms with Crippen molar-refractivity contribution in [2.24, 2.45) is 0 Å². The molecule has 0 spiro atoms. The van der Waals surface area contributed by atoms with Crippen molar-refractivity contribution in [1.29, 1.82) is 0 Å². The van der Waals surface area contributed by atoms with E-state index in [0.717, 1.165) is 18.8 Å². The highest BCUT2D eigenvalue weighted by atomic mass is 16.5. The summed E-state index contributed by atoms with van der Waals surface area (Å²) < 4.78 is 5.55. The van der Waals surface area contributed by atoms with Gasteiger partial charge in [-0.2, -0.15) is 0 Å². The molecule has 1 aromatic carbocycles. The second-order valence-electron chi connectivity index (χ2n) is 4.04. The van der Waals surface area contributed by atoms with Crippen molar-refractivity contribution < 1.29 is 4.74 Å². The number of anilines is 1. The summed E-state index contributed by atoms with van der Waals surface area (Å²) in [7, 11) is 0. The van der Waals surface area contributed by atoms with Gasteiger partial charge in [0, 0.05) is 18.8 Å². The molecule has 2 heteroatoms. The van der Waals surface area contributed by atoms with Gasteiger partial charge in [-0.1, -0.05) is 6.92 Å². The largest absolute Gasteiger partial charge is 0.494 e. The van der Waals surface area contributed by atoms with Crippen LogP contribution in [0.25, 0.3) is 0 Å². The second kappa shape index (κ2) is 5.06. The predicted octanol–water partition coefficient (Wildman–Crippen LogP) is 3.08. The summed E-state index contributed by atoms with van der Waals surface area (Å²) >= 11 is 0. The van der Waals surface area contributed by atoms with Crippen LogP contribution >= 0.6 is 0 Å². The molecule has 1 heterocycles. The molecule has 2 rings (SSSR count). The maximum atomic E-state index is 5.55. The fourth-order valence-corrected chi connectivity index (χ4v) is 1.95. The minimum absolute atomic E-state index is 0.809. The molecule has 82 valence electrons. The molecular formula is C13H19NO. The van der Waals surface area contributed by atoms with Gasteiger partial charge in [-0.05, 0) is 43.5 Å². The van der Waals surface area contributed by atoms with Gasteiger partial charge in [0.05, 0.1) is 6.61 Å². The SMILES string of the molecule is CCCOc1ccc(N2CCCC2)cc1. The average molecular weight is 205 g/mol. The molecule has 2 nitrogen and oxygen atoms in total. The minimum atomic E-state index is 0.809. The van der Waals surface area contributed by atoms with Crippen molar-refractivity contribution in [1.82, 2.24) is 0 Å². The van der Waals surface area contributed by atoms with Crippen LogP contribution in [0.1, 0.15) is 26.2 Å². The highest BCUT2D eigenvalue weighted by Crippen LogP contribution is 2.22. The fourth-order valence-electron chi connectivity index (χ4n) is 1.95. The zero-order chi connectivity index (χ0) is 10.5. The molecule has 1 aliphatic heterocycles. The van der Waals surface area contributed by atoms with Crippen LogP contribution in [0.15, 0.2) is 24.3 Å². The summed E-state index contributed by atoms with van der Waals surface area (Å²) in [5.41, 5.74) is 1.33. The third kappa shape index (κ3) is 2.65. The summed E-state index contributed by atoms with van der Waals surface area (Å²) in [6, 6.07) is 8.47. The molecule has 1 aromatic rings. The van der Waals surface area contributed by atoms with E-state index in [9.17, 15) is 0 Å². The van der Waals surface area contributed by atoms with Gasteiger partial charge in [0.2, 0.25) is 0 Å². The predicted molar refractivity (Wildman–Crippen MR) is 63.7 cm³/mol.